The predicted molar refractivity (Wildman–Crippen MR) is 70.6 cm³/mol. The zero-order chi connectivity index (χ0) is 13.3. The van der Waals surface area contributed by atoms with Crippen LogP contribution in [0.4, 0.5) is 0 Å². The first kappa shape index (κ1) is 13.3. The van der Waals surface area contributed by atoms with Crippen molar-refractivity contribution >= 4 is 5.91 Å². The molecule has 0 radical (unpaired) electrons. The molecule has 3 atom stereocenters. The second-order valence-corrected chi connectivity index (χ2v) is 6.14. The number of hydrogen-bond acceptors (Lipinski definition) is 4. The Kier molecular flexibility index (Phi) is 3.78. The first-order valence-electron chi connectivity index (χ1n) is 7.48. The molecule has 108 valence electrons. The number of fused-ring (bicyclic) bond motifs is 1. The van der Waals surface area contributed by atoms with Crippen molar-refractivity contribution in [1.82, 2.24) is 5.32 Å². The fourth-order valence-electron chi connectivity index (χ4n) is 3.63. The van der Waals surface area contributed by atoms with Gasteiger partial charge >= 0.3 is 0 Å². The molecule has 0 aromatic heterocycles. The number of carbonyl (C=O) groups excluding carboxylic acids is 1. The Labute approximate surface area is 114 Å². The van der Waals surface area contributed by atoms with Gasteiger partial charge in [0.2, 0.25) is 5.91 Å². The summed E-state index contributed by atoms with van der Waals surface area (Å²) in [4.78, 5) is 12.4. The number of nitrogens with one attached hydrogen (secondary N) is 1. The highest BCUT2D eigenvalue weighted by atomic mass is 16.5. The van der Waals surface area contributed by atoms with Crippen molar-refractivity contribution in [1.29, 1.82) is 0 Å². The molecule has 5 heteroatoms. The molecule has 1 aliphatic carbocycles. The van der Waals surface area contributed by atoms with Crippen molar-refractivity contribution in [2.24, 2.45) is 11.7 Å². The van der Waals surface area contributed by atoms with E-state index in [-0.39, 0.29) is 11.9 Å². The fourth-order valence-corrected chi connectivity index (χ4v) is 3.63. The molecule has 0 bridgehead atoms. The van der Waals surface area contributed by atoms with Crippen LogP contribution in [0.2, 0.25) is 0 Å². The number of ether oxygens (including phenoxy) is 2. The number of nitrogens with two attached hydrogens (primary N) is 1. The lowest BCUT2D eigenvalue weighted by Gasteiger charge is -2.37. The lowest BCUT2D eigenvalue weighted by atomic mass is 9.81. The third-order valence-electron chi connectivity index (χ3n) is 4.93. The molecule has 2 saturated heterocycles. The molecule has 3 unspecified atom stereocenters. The molecule has 3 aliphatic rings. The maximum atomic E-state index is 12.4. The predicted octanol–water partition coefficient (Wildman–Crippen LogP) is 0.568. The molecule has 3 N–H and O–H groups in total. The van der Waals surface area contributed by atoms with Crippen molar-refractivity contribution in [3.05, 3.63) is 0 Å². The van der Waals surface area contributed by atoms with Gasteiger partial charge in [-0.05, 0) is 38.5 Å². The van der Waals surface area contributed by atoms with Gasteiger partial charge in [-0.3, -0.25) is 4.79 Å². The molecule has 2 aliphatic heterocycles. The quantitative estimate of drug-likeness (QED) is 0.768. The highest BCUT2D eigenvalue weighted by Crippen LogP contribution is 2.34. The van der Waals surface area contributed by atoms with Gasteiger partial charge in [0.15, 0.2) is 0 Å². The smallest absolute Gasteiger partial charge is 0.240 e. The SMILES string of the molecule is NC1(C(=O)NC2CCCC3OCCC23)CCOCC1. The van der Waals surface area contributed by atoms with E-state index in [0.29, 0.717) is 38.1 Å². The molecule has 0 spiro atoms. The normalized spacial score (nSPS) is 37.6. The maximum Gasteiger partial charge on any atom is 0.240 e. The summed E-state index contributed by atoms with van der Waals surface area (Å²) in [7, 11) is 0. The monoisotopic (exact) mass is 268 g/mol. The third-order valence-corrected chi connectivity index (χ3v) is 4.93. The number of carbonyl (C=O) groups is 1. The summed E-state index contributed by atoms with van der Waals surface area (Å²) >= 11 is 0. The molecule has 0 aromatic rings. The molecule has 5 nitrogen and oxygen atoms in total. The molecule has 1 saturated carbocycles. The van der Waals surface area contributed by atoms with Crippen LogP contribution in [-0.4, -0.2) is 43.4 Å². The van der Waals surface area contributed by atoms with Gasteiger partial charge in [0.05, 0.1) is 11.6 Å². The minimum Gasteiger partial charge on any atom is -0.381 e. The Balaban J connectivity index is 1.62. The summed E-state index contributed by atoms with van der Waals surface area (Å²) in [5.74, 6) is 0.495. The van der Waals surface area contributed by atoms with E-state index in [1.807, 2.05) is 0 Å². The zero-order valence-electron chi connectivity index (χ0n) is 11.4. The van der Waals surface area contributed by atoms with Crippen LogP contribution in [0, 0.1) is 5.92 Å². The van der Waals surface area contributed by atoms with Crippen molar-refractivity contribution in [3.8, 4) is 0 Å². The van der Waals surface area contributed by atoms with Crippen LogP contribution in [0.1, 0.15) is 38.5 Å². The largest absolute Gasteiger partial charge is 0.381 e. The van der Waals surface area contributed by atoms with Crippen LogP contribution in [-0.2, 0) is 14.3 Å². The molecule has 19 heavy (non-hydrogen) atoms. The molecule has 1 amide bonds. The molecule has 2 heterocycles. The summed E-state index contributed by atoms with van der Waals surface area (Å²) in [5, 5.41) is 3.20. The Morgan fingerprint density at radius 3 is 2.74 bits per heavy atom. The van der Waals surface area contributed by atoms with Crippen LogP contribution in [0.15, 0.2) is 0 Å². The Morgan fingerprint density at radius 1 is 1.16 bits per heavy atom. The van der Waals surface area contributed by atoms with E-state index in [4.69, 9.17) is 15.2 Å². The van der Waals surface area contributed by atoms with Crippen LogP contribution in [0.5, 0.6) is 0 Å². The van der Waals surface area contributed by atoms with E-state index < -0.39 is 5.54 Å². The Bertz CT molecular complexity index is 342. The first-order valence-corrected chi connectivity index (χ1v) is 7.48. The van der Waals surface area contributed by atoms with Gasteiger partial charge in [0, 0.05) is 31.8 Å². The topological polar surface area (TPSA) is 73.6 Å². The van der Waals surface area contributed by atoms with Gasteiger partial charge in [-0.25, -0.2) is 0 Å². The van der Waals surface area contributed by atoms with Gasteiger partial charge in [-0.2, -0.15) is 0 Å². The van der Waals surface area contributed by atoms with Crippen molar-refractivity contribution in [2.75, 3.05) is 19.8 Å². The molecular weight excluding hydrogens is 244 g/mol. The van der Waals surface area contributed by atoms with Gasteiger partial charge < -0.3 is 20.5 Å². The van der Waals surface area contributed by atoms with E-state index in [1.54, 1.807) is 0 Å². The van der Waals surface area contributed by atoms with E-state index >= 15 is 0 Å². The van der Waals surface area contributed by atoms with Crippen LogP contribution in [0.3, 0.4) is 0 Å². The minimum atomic E-state index is -0.731. The summed E-state index contributed by atoms with van der Waals surface area (Å²) in [5.41, 5.74) is 5.50. The summed E-state index contributed by atoms with van der Waals surface area (Å²) in [6.07, 6.45) is 5.99. The lowest BCUT2D eigenvalue weighted by Crippen LogP contribution is -2.60. The van der Waals surface area contributed by atoms with Crippen LogP contribution < -0.4 is 11.1 Å². The molecule has 3 rings (SSSR count). The average Bonchev–Trinajstić information content (AvgIpc) is 2.89. The zero-order valence-corrected chi connectivity index (χ0v) is 11.4. The van der Waals surface area contributed by atoms with E-state index in [0.717, 1.165) is 32.3 Å². The second kappa shape index (κ2) is 5.38. The maximum absolute atomic E-state index is 12.4. The number of hydrogen-bond donors (Lipinski definition) is 2. The highest BCUT2D eigenvalue weighted by molar-refractivity contribution is 5.86. The Morgan fingerprint density at radius 2 is 1.95 bits per heavy atom. The van der Waals surface area contributed by atoms with E-state index in [2.05, 4.69) is 5.32 Å². The van der Waals surface area contributed by atoms with Crippen molar-refractivity contribution in [3.63, 3.8) is 0 Å². The number of rotatable bonds is 2. The van der Waals surface area contributed by atoms with Crippen molar-refractivity contribution in [2.45, 2.75) is 56.2 Å². The average molecular weight is 268 g/mol. The lowest BCUT2D eigenvalue weighted by molar-refractivity contribution is -0.131. The van der Waals surface area contributed by atoms with Gasteiger partial charge in [-0.15, -0.1) is 0 Å². The van der Waals surface area contributed by atoms with Crippen LogP contribution >= 0.6 is 0 Å². The fraction of sp³-hybridized carbons (Fsp3) is 0.929. The second-order valence-electron chi connectivity index (χ2n) is 6.14. The first-order chi connectivity index (χ1) is 9.19. The Hall–Kier alpha value is -0.650. The molecule has 0 aromatic carbocycles. The molecule has 3 fully saturated rings. The van der Waals surface area contributed by atoms with Gasteiger partial charge in [-0.1, -0.05) is 0 Å². The van der Waals surface area contributed by atoms with Gasteiger partial charge in [0.1, 0.15) is 0 Å². The highest BCUT2D eigenvalue weighted by Gasteiger charge is 2.42. The van der Waals surface area contributed by atoms with E-state index in [1.165, 1.54) is 0 Å². The van der Waals surface area contributed by atoms with Crippen LogP contribution in [0.25, 0.3) is 0 Å². The summed E-state index contributed by atoms with van der Waals surface area (Å²) in [6.45, 7) is 2.01. The standard InChI is InChI=1S/C14H24N2O3/c15-14(5-8-18-9-6-14)13(17)16-11-2-1-3-12-10(11)4-7-19-12/h10-12H,1-9,15H2,(H,16,17). The summed E-state index contributed by atoms with van der Waals surface area (Å²) < 4.78 is 11.0. The number of amides is 1. The molecular formula is C14H24N2O3. The van der Waals surface area contributed by atoms with E-state index in [9.17, 15) is 4.79 Å². The van der Waals surface area contributed by atoms with Gasteiger partial charge in [0.25, 0.3) is 0 Å². The summed E-state index contributed by atoms with van der Waals surface area (Å²) in [6, 6.07) is 0.247. The minimum absolute atomic E-state index is 0.00773. The third kappa shape index (κ3) is 2.64. The van der Waals surface area contributed by atoms with Crippen molar-refractivity contribution < 1.29 is 14.3 Å².